The van der Waals surface area contributed by atoms with Crippen molar-refractivity contribution < 1.29 is 14.6 Å². The normalized spacial score (nSPS) is 17.9. The average Bonchev–Trinajstić information content (AvgIpc) is 3.24. The average molecular weight is 491 g/mol. The van der Waals surface area contributed by atoms with Crippen molar-refractivity contribution in [3.05, 3.63) is 26.7 Å². The maximum atomic E-state index is 13.3. The van der Waals surface area contributed by atoms with Crippen LogP contribution in [-0.2, 0) is 36.1 Å². The van der Waals surface area contributed by atoms with Gasteiger partial charge in [0.25, 0.3) is 5.56 Å². The summed E-state index contributed by atoms with van der Waals surface area (Å²) >= 11 is 0. The Morgan fingerprint density at radius 2 is 1.83 bits per heavy atom. The largest absolute Gasteiger partial charge is 0.481 e. The van der Waals surface area contributed by atoms with E-state index in [-0.39, 0.29) is 24.2 Å². The second-order valence-corrected chi connectivity index (χ2v) is 9.69. The molecule has 0 amide bonds. The van der Waals surface area contributed by atoms with Crippen molar-refractivity contribution in [1.29, 1.82) is 0 Å². The number of carboxylic acids is 1. The third-order valence-electron chi connectivity index (χ3n) is 7.30. The lowest BCUT2D eigenvalue weighted by Gasteiger charge is -2.27. The van der Waals surface area contributed by atoms with Gasteiger partial charge < -0.3 is 19.7 Å². The van der Waals surface area contributed by atoms with E-state index >= 15 is 0 Å². The second kappa shape index (κ2) is 12.0. The first-order valence-corrected chi connectivity index (χ1v) is 12.9. The number of nitrogens with one attached hydrogen (secondary N) is 1. The number of rotatable bonds is 11. The molecule has 2 N–H and O–H groups in total. The molecule has 2 aliphatic rings. The number of nitrogens with zero attached hydrogens (tertiary/aromatic N) is 5. The minimum atomic E-state index is -0.877. The monoisotopic (exact) mass is 490 g/mol. The first-order chi connectivity index (χ1) is 17.0. The van der Waals surface area contributed by atoms with Gasteiger partial charge in [-0.2, -0.15) is 0 Å². The van der Waals surface area contributed by atoms with Crippen LogP contribution in [0.5, 0.6) is 0 Å². The van der Waals surface area contributed by atoms with E-state index in [1.54, 1.807) is 7.05 Å². The number of fused-ring (bicyclic) bond motifs is 1. The van der Waals surface area contributed by atoms with Gasteiger partial charge in [-0.1, -0.05) is 0 Å². The highest BCUT2D eigenvalue weighted by molar-refractivity contribution is 5.71. The Morgan fingerprint density at radius 1 is 1.09 bits per heavy atom. The lowest BCUT2D eigenvalue weighted by Crippen LogP contribution is -2.40. The standard InChI is InChI=1S/C24H38N6O5/c1-27-22-21(23(33)30(24(27)34)11-3-2-4-20(31)32)26-19(6-5-18-7-9-25-10-8-18)29(22)13-12-28-14-16-35-17-15-28/h18,25H,2-17H2,1H3,(H,31,32). The number of carbonyl (C=O) groups is 1. The summed E-state index contributed by atoms with van der Waals surface area (Å²) in [6, 6.07) is 0. The van der Waals surface area contributed by atoms with Crippen LogP contribution in [-0.4, -0.2) is 80.6 Å². The van der Waals surface area contributed by atoms with Gasteiger partial charge in [0.05, 0.1) is 13.2 Å². The summed E-state index contributed by atoms with van der Waals surface area (Å²) < 4.78 is 10.3. The van der Waals surface area contributed by atoms with Gasteiger partial charge in [0, 0.05) is 52.6 Å². The van der Waals surface area contributed by atoms with Crippen LogP contribution < -0.4 is 16.6 Å². The minimum absolute atomic E-state index is 0.0221. The lowest BCUT2D eigenvalue weighted by molar-refractivity contribution is -0.137. The van der Waals surface area contributed by atoms with Crippen molar-refractivity contribution in [3.63, 3.8) is 0 Å². The quantitative estimate of drug-likeness (QED) is 0.435. The third-order valence-corrected chi connectivity index (χ3v) is 7.30. The molecule has 0 bridgehead atoms. The highest BCUT2D eigenvalue weighted by Gasteiger charge is 2.22. The number of hydrogen-bond acceptors (Lipinski definition) is 7. The zero-order chi connectivity index (χ0) is 24.8. The smallest absolute Gasteiger partial charge is 0.332 e. The fourth-order valence-electron chi connectivity index (χ4n) is 5.20. The molecule has 0 aromatic carbocycles. The zero-order valence-corrected chi connectivity index (χ0v) is 20.7. The molecule has 2 aromatic rings. The Bertz CT molecular complexity index is 1120. The maximum absolute atomic E-state index is 13.3. The molecule has 4 heterocycles. The molecule has 0 radical (unpaired) electrons. The van der Waals surface area contributed by atoms with Gasteiger partial charge in [-0.3, -0.25) is 23.6 Å². The Balaban J connectivity index is 1.63. The van der Waals surface area contributed by atoms with Gasteiger partial charge in [0.2, 0.25) is 0 Å². The Hall–Kier alpha value is -2.50. The molecular formula is C24H38N6O5. The second-order valence-electron chi connectivity index (χ2n) is 9.69. The summed E-state index contributed by atoms with van der Waals surface area (Å²) in [4.78, 5) is 44.4. The predicted molar refractivity (Wildman–Crippen MR) is 132 cm³/mol. The topological polar surface area (TPSA) is 124 Å². The number of aryl methyl sites for hydroxylation is 2. The van der Waals surface area contributed by atoms with Crippen molar-refractivity contribution in [2.45, 2.75) is 58.0 Å². The summed E-state index contributed by atoms with van der Waals surface area (Å²) in [5.41, 5.74) is 0.143. The van der Waals surface area contributed by atoms with Crippen molar-refractivity contribution in [1.82, 2.24) is 28.9 Å². The number of aliphatic carboxylic acids is 1. The molecule has 0 saturated carbocycles. The number of hydrogen-bond donors (Lipinski definition) is 2. The third kappa shape index (κ3) is 6.20. The molecule has 11 heteroatoms. The van der Waals surface area contributed by atoms with Crippen LogP contribution in [0.25, 0.3) is 11.2 Å². The number of carboxylic acid groups (broad SMARTS) is 1. The van der Waals surface area contributed by atoms with Gasteiger partial charge in [0.1, 0.15) is 11.5 Å². The molecule has 2 saturated heterocycles. The van der Waals surface area contributed by atoms with E-state index in [2.05, 4.69) is 14.8 Å². The van der Waals surface area contributed by atoms with Gasteiger partial charge >= 0.3 is 11.7 Å². The van der Waals surface area contributed by atoms with Crippen LogP contribution in [0.3, 0.4) is 0 Å². The molecule has 0 unspecified atom stereocenters. The van der Waals surface area contributed by atoms with E-state index in [0.29, 0.717) is 36.5 Å². The van der Waals surface area contributed by atoms with Crippen molar-refractivity contribution in [2.24, 2.45) is 13.0 Å². The van der Waals surface area contributed by atoms with Crippen molar-refractivity contribution >= 4 is 17.1 Å². The summed E-state index contributed by atoms with van der Waals surface area (Å²) in [7, 11) is 1.70. The van der Waals surface area contributed by atoms with Crippen LogP contribution >= 0.6 is 0 Å². The van der Waals surface area contributed by atoms with E-state index in [0.717, 1.165) is 77.4 Å². The van der Waals surface area contributed by atoms with Crippen molar-refractivity contribution in [2.75, 3.05) is 45.9 Å². The molecule has 4 rings (SSSR count). The first-order valence-electron chi connectivity index (χ1n) is 12.9. The van der Waals surface area contributed by atoms with Crippen LogP contribution in [0.4, 0.5) is 0 Å². The van der Waals surface area contributed by atoms with Gasteiger partial charge in [-0.25, -0.2) is 9.78 Å². The molecule has 2 aromatic heterocycles. The molecule has 0 spiro atoms. The lowest BCUT2D eigenvalue weighted by atomic mass is 9.93. The summed E-state index contributed by atoms with van der Waals surface area (Å²) in [5.74, 6) is 0.624. The molecule has 35 heavy (non-hydrogen) atoms. The molecule has 11 nitrogen and oxygen atoms in total. The van der Waals surface area contributed by atoms with E-state index in [1.165, 1.54) is 9.13 Å². The van der Waals surface area contributed by atoms with E-state index in [1.807, 2.05) is 0 Å². The first kappa shape index (κ1) is 25.6. The highest BCUT2D eigenvalue weighted by Crippen LogP contribution is 2.21. The van der Waals surface area contributed by atoms with E-state index in [9.17, 15) is 14.4 Å². The van der Waals surface area contributed by atoms with Crippen LogP contribution in [0.15, 0.2) is 9.59 Å². The van der Waals surface area contributed by atoms with E-state index < -0.39 is 5.97 Å². The van der Waals surface area contributed by atoms with Crippen LogP contribution in [0.1, 0.15) is 44.3 Å². The number of piperidine rings is 1. The van der Waals surface area contributed by atoms with Crippen LogP contribution in [0.2, 0.25) is 0 Å². The summed E-state index contributed by atoms with van der Waals surface area (Å²) in [5, 5.41) is 12.3. The van der Waals surface area contributed by atoms with Gasteiger partial charge in [-0.15, -0.1) is 0 Å². The SMILES string of the molecule is Cn1c(=O)n(CCCCC(=O)O)c(=O)c2nc(CCC3CCNCC3)n(CCN3CCOCC3)c21. The van der Waals surface area contributed by atoms with Gasteiger partial charge in [-0.05, 0) is 51.1 Å². The molecule has 2 aliphatic heterocycles. The number of imidazole rings is 1. The van der Waals surface area contributed by atoms with Crippen molar-refractivity contribution in [3.8, 4) is 0 Å². The number of ether oxygens (including phenoxy) is 1. The summed E-state index contributed by atoms with van der Waals surface area (Å²) in [6.45, 7) is 6.93. The number of unbranched alkanes of at least 4 members (excludes halogenated alkanes) is 1. The number of aromatic nitrogens is 4. The fourth-order valence-corrected chi connectivity index (χ4v) is 5.20. The van der Waals surface area contributed by atoms with Crippen LogP contribution in [0, 0.1) is 5.92 Å². The molecule has 2 fully saturated rings. The Labute approximate surface area is 204 Å². The highest BCUT2D eigenvalue weighted by atomic mass is 16.5. The molecular weight excluding hydrogens is 452 g/mol. The fraction of sp³-hybridized carbons (Fsp3) is 0.750. The Kier molecular flexibility index (Phi) is 8.74. The molecule has 194 valence electrons. The molecule has 0 aliphatic carbocycles. The Morgan fingerprint density at radius 3 is 2.54 bits per heavy atom. The van der Waals surface area contributed by atoms with Gasteiger partial charge in [0.15, 0.2) is 5.52 Å². The summed E-state index contributed by atoms with van der Waals surface area (Å²) in [6.07, 6.45) is 4.97. The number of morpholine rings is 1. The zero-order valence-electron chi connectivity index (χ0n) is 20.7. The molecule has 0 atom stereocenters. The predicted octanol–water partition coefficient (Wildman–Crippen LogP) is 0.416. The van der Waals surface area contributed by atoms with E-state index in [4.69, 9.17) is 14.8 Å². The minimum Gasteiger partial charge on any atom is -0.481 e. The maximum Gasteiger partial charge on any atom is 0.332 e.